The zero-order chi connectivity index (χ0) is 21.6. The van der Waals surface area contributed by atoms with Crippen molar-refractivity contribution in [2.75, 3.05) is 16.4 Å². The lowest BCUT2D eigenvalue weighted by Crippen LogP contribution is -2.15. The second kappa shape index (κ2) is 9.85. The predicted molar refractivity (Wildman–Crippen MR) is 128 cm³/mol. The lowest BCUT2D eigenvalue weighted by atomic mass is 10.1. The van der Waals surface area contributed by atoms with E-state index in [-0.39, 0.29) is 11.7 Å². The monoisotopic (exact) mass is 451 g/mol. The smallest absolute Gasteiger partial charge is 0.234 e. The van der Waals surface area contributed by atoms with Gasteiger partial charge in [-0.25, -0.2) is 0 Å². The lowest BCUT2D eigenvalue weighted by molar-refractivity contribution is -0.113. The molecule has 3 aromatic carbocycles. The van der Waals surface area contributed by atoms with Crippen LogP contribution in [0.15, 0.2) is 71.9 Å². The van der Waals surface area contributed by atoms with Crippen LogP contribution < -0.4 is 10.6 Å². The van der Waals surface area contributed by atoms with Gasteiger partial charge in [0.05, 0.1) is 23.0 Å². The number of halogens is 1. The van der Waals surface area contributed by atoms with Crippen LogP contribution in [-0.2, 0) is 17.9 Å². The maximum absolute atomic E-state index is 12.6. The molecule has 1 heterocycles. The number of para-hydroxylation sites is 1. The van der Waals surface area contributed by atoms with Gasteiger partial charge in [-0.2, -0.15) is 0 Å². The second-order valence-electron chi connectivity index (χ2n) is 6.84. The van der Waals surface area contributed by atoms with Gasteiger partial charge in [-0.3, -0.25) is 4.79 Å². The van der Waals surface area contributed by atoms with Crippen LogP contribution in [0.1, 0.15) is 12.7 Å². The van der Waals surface area contributed by atoms with Crippen molar-refractivity contribution in [2.24, 2.45) is 0 Å². The number of nitrogens with one attached hydrogen (secondary N) is 2. The van der Waals surface area contributed by atoms with Crippen molar-refractivity contribution in [1.82, 2.24) is 14.8 Å². The van der Waals surface area contributed by atoms with Gasteiger partial charge >= 0.3 is 0 Å². The molecule has 31 heavy (non-hydrogen) atoms. The van der Waals surface area contributed by atoms with Crippen molar-refractivity contribution in [3.63, 3.8) is 0 Å². The number of rotatable bonds is 8. The van der Waals surface area contributed by atoms with Crippen molar-refractivity contribution in [3.05, 3.63) is 77.6 Å². The molecule has 0 aliphatic rings. The summed E-state index contributed by atoms with van der Waals surface area (Å²) in [5.74, 6) is 0.960. The Morgan fingerprint density at radius 2 is 1.74 bits per heavy atom. The number of fused-ring (bicyclic) bond motifs is 1. The van der Waals surface area contributed by atoms with Crippen LogP contribution in [0.5, 0.6) is 0 Å². The fraction of sp³-hybridized carbons (Fsp3) is 0.174. The fourth-order valence-corrected chi connectivity index (χ4v) is 4.33. The molecule has 0 aliphatic heterocycles. The molecule has 2 N–H and O–H groups in total. The number of benzene rings is 3. The molecule has 0 fully saturated rings. The van der Waals surface area contributed by atoms with Crippen LogP contribution in [0.4, 0.5) is 11.4 Å². The largest absolute Gasteiger partial charge is 0.377 e. The number of anilines is 2. The Morgan fingerprint density at radius 1 is 1.00 bits per heavy atom. The molecule has 158 valence electrons. The van der Waals surface area contributed by atoms with Crippen LogP contribution in [0.25, 0.3) is 10.8 Å². The van der Waals surface area contributed by atoms with E-state index in [4.69, 9.17) is 11.6 Å². The molecular formula is C23H22ClN5OS. The van der Waals surface area contributed by atoms with Gasteiger partial charge in [0, 0.05) is 17.6 Å². The second-order valence-corrected chi connectivity index (χ2v) is 8.19. The van der Waals surface area contributed by atoms with Crippen LogP contribution in [0.2, 0.25) is 5.02 Å². The molecule has 1 aromatic heterocycles. The summed E-state index contributed by atoms with van der Waals surface area (Å²) in [6.07, 6.45) is 0. The molecule has 0 saturated heterocycles. The highest BCUT2D eigenvalue weighted by Crippen LogP contribution is 2.25. The molecule has 0 bridgehead atoms. The normalized spacial score (nSPS) is 10.9. The SMILES string of the molecule is CCn1c(CNc2ccccc2Cl)nnc1SCC(=O)Nc1cccc2ccccc12. The van der Waals surface area contributed by atoms with E-state index in [1.807, 2.05) is 78.2 Å². The minimum absolute atomic E-state index is 0.0808. The summed E-state index contributed by atoms with van der Waals surface area (Å²) in [6.45, 7) is 3.23. The number of nitrogens with zero attached hydrogens (tertiary/aromatic N) is 3. The summed E-state index contributed by atoms with van der Waals surface area (Å²) in [4.78, 5) is 12.6. The number of carbonyl (C=O) groups excluding carboxylic acids is 1. The Labute approximate surface area is 190 Å². The maximum Gasteiger partial charge on any atom is 0.234 e. The first-order chi connectivity index (χ1) is 15.2. The van der Waals surface area contributed by atoms with Gasteiger partial charge < -0.3 is 15.2 Å². The van der Waals surface area contributed by atoms with Crippen molar-refractivity contribution in [1.29, 1.82) is 0 Å². The summed E-state index contributed by atoms with van der Waals surface area (Å²) in [5.41, 5.74) is 1.66. The van der Waals surface area contributed by atoms with E-state index in [0.717, 1.165) is 28.0 Å². The molecule has 0 unspecified atom stereocenters. The predicted octanol–water partition coefficient (Wildman–Crippen LogP) is 5.45. The summed E-state index contributed by atoms with van der Waals surface area (Å²) in [7, 11) is 0. The average Bonchev–Trinajstić information content (AvgIpc) is 3.19. The van der Waals surface area contributed by atoms with Crippen molar-refractivity contribution in [3.8, 4) is 0 Å². The van der Waals surface area contributed by atoms with Gasteiger partial charge in [-0.1, -0.05) is 71.9 Å². The number of carbonyl (C=O) groups is 1. The van der Waals surface area contributed by atoms with Gasteiger partial charge in [0.15, 0.2) is 11.0 Å². The number of aromatic nitrogens is 3. The highest BCUT2D eigenvalue weighted by atomic mass is 35.5. The van der Waals surface area contributed by atoms with Crippen LogP contribution in [-0.4, -0.2) is 26.4 Å². The summed E-state index contributed by atoms with van der Waals surface area (Å²) in [5, 5.41) is 18.3. The van der Waals surface area contributed by atoms with E-state index in [2.05, 4.69) is 20.8 Å². The number of hydrogen-bond acceptors (Lipinski definition) is 5. The molecular weight excluding hydrogens is 430 g/mol. The molecule has 8 heteroatoms. The van der Waals surface area contributed by atoms with Gasteiger partial charge in [-0.15, -0.1) is 10.2 Å². The Bertz CT molecular complexity index is 1200. The minimum atomic E-state index is -0.0808. The maximum atomic E-state index is 12.6. The molecule has 4 aromatic rings. The molecule has 1 amide bonds. The first kappa shape index (κ1) is 21.2. The third kappa shape index (κ3) is 5.00. The lowest BCUT2D eigenvalue weighted by Gasteiger charge is -2.11. The van der Waals surface area contributed by atoms with Gasteiger partial charge in [0.2, 0.25) is 5.91 Å². The third-order valence-corrected chi connectivity index (χ3v) is 6.11. The molecule has 0 aliphatic carbocycles. The molecule has 4 rings (SSSR count). The number of amides is 1. The van der Waals surface area contributed by atoms with Crippen LogP contribution in [0.3, 0.4) is 0 Å². The summed E-state index contributed by atoms with van der Waals surface area (Å²) < 4.78 is 2.00. The Morgan fingerprint density at radius 3 is 2.58 bits per heavy atom. The molecule has 0 spiro atoms. The van der Waals surface area contributed by atoms with Gasteiger partial charge in [-0.05, 0) is 30.5 Å². The number of hydrogen-bond donors (Lipinski definition) is 2. The highest BCUT2D eigenvalue weighted by molar-refractivity contribution is 7.99. The standard InChI is InChI=1S/C23H22ClN5OS/c1-2-29-21(14-25-20-12-6-5-11-18(20)24)27-28-23(29)31-15-22(30)26-19-13-7-9-16-8-3-4-10-17(16)19/h3-13,25H,2,14-15H2,1H3,(H,26,30). The Balaban J connectivity index is 1.39. The van der Waals surface area contributed by atoms with Crippen LogP contribution in [0, 0.1) is 0 Å². The van der Waals surface area contributed by atoms with E-state index in [1.165, 1.54) is 11.8 Å². The van der Waals surface area contributed by atoms with E-state index >= 15 is 0 Å². The van der Waals surface area contributed by atoms with Crippen LogP contribution >= 0.6 is 23.4 Å². The van der Waals surface area contributed by atoms with E-state index in [1.54, 1.807) is 0 Å². The average molecular weight is 452 g/mol. The van der Waals surface area contributed by atoms with E-state index in [9.17, 15) is 4.79 Å². The van der Waals surface area contributed by atoms with E-state index < -0.39 is 0 Å². The van der Waals surface area contributed by atoms with Crippen molar-refractivity contribution < 1.29 is 4.79 Å². The van der Waals surface area contributed by atoms with Gasteiger partial charge in [0.25, 0.3) is 0 Å². The Hall–Kier alpha value is -3.03. The third-order valence-electron chi connectivity index (χ3n) is 4.82. The quantitative estimate of drug-likeness (QED) is 0.348. The minimum Gasteiger partial charge on any atom is -0.377 e. The van der Waals surface area contributed by atoms with E-state index in [0.29, 0.717) is 23.3 Å². The molecule has 0 radical (unpaired) electrons. The van der Waals surface area contributed by atoms with Crippen molar-refractivity contribution >= 4 is 51.4 Å². The molecule has 0 saturated carbocycles. The zero-order valence-corrected chi connectivity index (χ0v) is 18.6. The molecule has 6 nitrogen and oxygen atoms in total. The topological polar surface area (TPSA) is 71.8 Å². The zero-order valence-electron chi connectivity index (χ0n) is 17.0. The van der Waals surface area contributed by atoms with Gasteiger partial charge in [0.1, 0.15) is 0 Å². The molecule has 0 atom stereocenters. The Kier molecular flexibility index (Phi) is 6.74. The first-order valence-corrected chi connectivity index (χ1v) is 11.3. The first-order valence-electron chi connectivity index (χ1n) is 9.96. The summed E-state index contributed by atoms with van der Waals surface area (Å²) in [6, 6.07) is 21.4. The van der Waals surface area contributed by atoms with Crippen molar-refractivity contribution in [2.45, 2.75) is 25.2 Å². The number of thioether (sulfide) groups is 1. The fourth-order valence-electron chi connectivity index (χ4n) is 3.30. The summed E-state index contributed by atoms with van der Waals surface area (Å²) >= 11 is 7.58. The highest BCUT2D eigenvalue weighted by Gasteiger charge is 2.14.